The Morgan fingerprint density at radius 2 is 1.62 bits per heavy atom. The van der Waals surface area contributed by atoms with Crippen molar-refractivity contribution in [1.82, 2.24) is 4.90 Å². The summed E-state index contributed by atoms with van der Waals surface area (Å²) in [6.45, 7) is -0.366. The van der Waals surface area contributed by atoms with Crippen molar-refractivity contribution in [3.05, 3.63) is 42.0 Å². The molecule has 0 spiro atoms. The first kappa shape index (κ1) is 15.5. The fourth-order valence-corrected chi connectivity index (χ4v) is 5.08. The smallest absolute Gasteiger partial charge is 0.331 e. The van der Waals surface area contributed by atoms with Gasteiger partial charge in [-0.05, 0) is 54.4 Å². The Morgan fingerprint density at radius 1 is 1.04 bits per heavy atom. The van der Waals surface area contributed by atoms with E-state index in [1.54, 1.807) is 0 Å². The number of carbonyl (C=O) groups excluding carboxylic acids is 4. The predicted molar refractivity (Wildman–Crippen MR) is 88.9 cm³/mol. The molecule has 1 heterocycles. The third kappa shape index (κ3) is 2.11. The zero-order valence-electron chi connectivity index (χ0n) is 13.9. The fraction of sp³-hybridized carbons (Fsp3) is 0.400. The van der Waals surface area contributed by atoms with Crippen LogP contribution in [0.3, 0.4) is 0 Å². The van der Waals surface area contributed by atoms with Gasteiger partial charge in [-0.1, -0.05) is 12.2 Å². The van der Waals surface area contributed by atoms with E-state index in [4.69, 9.17) is 4.74 Å². The molecule has 1 saturated heterocycles. The predicted octanol–water partition coefficient (Wildman–Crippen LogP) is 1.46. The quantitative estimate of drug-likeness (QED) is 0.270. The van der Waals surface area contributed by atoms with Gasteiger partial charge in [-0.2, -0.15) is 0 Å². The maximum atomic E-state index is 12.8. The molecular weight excluding hydrogens is 334 g/mol. The minimum Gasteiger partial charge on any atom is -0.425 e. The number of rotatable bonds is 4. The normalized spacial score (nSPS) is 35.9. The average Bonchev–Trinajstić information content (AvgIpc) is 3.43. The first-order valence-corrected chi connectivity index (χ1v) is 8.88. The highest BCUT2D eigenvalue weighted by Crippen LogP contribution is 2.65. The molecule has 6 nitrogen and oxygen atoms in total. The molecule has 1 aromatic carbocycles. The van der Waals surface area contributed by atoms with Crippen LogP contribution < -0.4 is 4.74 Å². The second-order valence-electron chi connectivity index (χ2n) is 7.58. The standard InChI is InChI=1S/C20H17NO5/c22-9-10-1-3-11(4-2-10)26-16(23)8-21-19(24)17-12-5-6-13(15-7-14(12)15)18(17)20(21)25/h1-6,9,12-15,17-18H,7-8H2/t12-,13-,14-,15+,17-,18+/m0/s1. The van der Waals surface area contributed by atoms with Gasteiger partial charge in [0.15, 0.2) is 0 Å². The van der Waals surface area contributed by atoms with E-state index in [2.05, 4.69) is 12.2 Å². The number of hydrogen-bond acceptors (Lipinski definition) is 5. The third-order valence-corrected chi connectivity index (χ3v) is 6.29. The Balaban J connectivity index is 1.30. The van der Waals surface area contributed by atoms with E-state index in [0.717, 1.165) is 11.3 Å². The largest absolute Gasteiger partial charge is 0.425 e. The van der Waals surface area contributed by atoms with Crippen LogP contribution in [0.4, 0.5) is 0 Å². The van der Waals surface area contributed by atoms with Gasteiger partial charge in [-0.3, -0.25) is 19.3 Å². The van der Waals surface area contributed by atoms with Crippen LogP contribution in [-0.2, 0) is 14.4 Å². The zero-order valence-corrected chi connectivity index (χ0v) is 13.9. The Morgan fingerprint density at radius 3 is 2.15 bits per heavy atom. The van der Waals surface area contributed by atoms with Crippen LogP contribution >= 0.6 is 0 Å². The summed E-state index contributed by atoms with van der Waals surface area (Å²) in [4.78, 5) is 49.6. The molecule has 3 fully saturated rings. The highest BCUT2D eigenvalue weighted by Gasteiger charge is 2.67. The Labute approximate surface area is 149 Å². The lowest BCUT2D eigenvalue weighted by molar-refractivity contribution is -0.148. The van der Waals surface area contributed by atoms with Crippen LogP contribution in [-0.4, -0.2) is 35.5 Å². The van der Waals surface area contributed by atoms with E-state index in [1.807, 2.05) is 0 Å². The summed E-state index contributed by atoms with van der Waals surface area (Å²) in [7, 11) is 0. The summed E-state index contributed by atoms with van der Waals surface area (Å²) in [5.41, 5.74) is 0.473. The van der Waals surface area contributed by atoms with Crippen molar-refractivity contribution in [2.75, 3.05) is 6.54 Å². The van der Waals surface area contributed by atoms with Crippen molar-refractivity contribution in [2.45, 2.75) is 6.42 Å². The number of carbonyl (C=O) groups is 4. The highest BCUT2D eigenvalue weighted by atomic mass is 16.5. The first-order valence-electron chi connectivity index (χ1n) is 8.88. The summed E-state index contributed by atoms with van der Waals surface area (Å²) < 4.78 is 5.21. The molecule has 6 rings (SSSR count). The third-order valence-electron chi connectivity index (χ3n) is 6.29. The SMILES string of the molecule is O=Cc1ccc(OC(=O)CN2C(=O)[C@@H]3[C@H]4C=C[C@@H]([C@@H]5C[C@H]45)[C@@H]3C2=O)cc1. The molecule has 0 radical (unpaired) electrons. The minimum atomic E-state index is -0.658. The topological polar surface area (TPSA) is 80.8 Å². The van der Waals surface area contributed by atoms with E-state index in [0.29, 0.717) is 23.7 Å². The lowest BCUT2D eigenvalue weighted by atomic mass is 9.63. The summed E-state index contributed by atoms with van der Waals surface area (Å²) in [5.74, 6) is -0.114. The zero-order chi connectivity index (χ0) is 18.0. The maximum Gasteiger partial charge on any atom is 0.331 e. The average molecular weight is 351 g/mol. The molecular formula is C20H17NO5. The second kappa shape index (κ2) is 5.37. The number of esters is 1. The molecule has 4 aliphatic carbocycles. The molecule has 0 N–H and O–H groups in total. The van der Waals surface area contributed by atoms with Crippen molar-refractivity contribution in [3.63, 3.8) is 0 Å². The summed E-state index contributed by atoms with van der Waals surface area (Å²) in [5, 5.41) is 0. The van der Waals surface area contributed by atoms with E-state index >= 15 is 0 Å². The van der Waals surface area contributed by atoms with Gasteiger partial charge in [-0.25, -0.2) is 4.79 Å². The lowest BCUT2D eigenvalue weighted by Crippen LogP contribution is -2.40. The number of allylic oxidation sites excluding steroid dienone is 2. The number of hydrogen-bond donors (Lipinski definition) is 0. The summed E-state index contributed by atoms with van der Waals surface area (Å²) in [6.07, 6.45) is 6.00. The number of ether oxygens (including phenoxy) is 1. The molecule has 0 unspecified atom stereocenters. The van der Waals surface area contributed by atoms with Crippen molar-refractivity contribution in [2.24, 2.45) is 35.5 Å². The van der Waals surface area contributed by atoms with Gasteiger partial charge in [0.2, 0.25) is 11.8 Å². The van der Waals surface area contributed by atoms with E-state index in [9.17, 15) is 19.2 Å². The number of amides is 2. The van der Waals surface area contributed by atoms with Crippen molar-refractivity contribution < 1.29 is 23.9 Å². The second-order valence-corrected chi connectivity index (χ2v) is 7.58. The molecule has 5 aliphatic rings. The van der Waals surface area contributed by atoms with Crippen LogP contribution in [0.15, 0.2) is 36.4 Å². The number of likely N-dealkylation sites (tertiary alicyclic amines) is 1. The molecule has 2 saturated carbocycles. The van der Waals surface area contributed by atoms with Crippen LogP contribution in [0.2, 0.25) is 0 Å². The molecule has 1 aliphatic heterocycles. The number of aldehydes is 1. The van der Waals surface area contributed by atoms with E-state index < -0.39 is 5.97 Å². The van der Waals surface area contributed by atoms with Gasteiger partial charge in [0.25, 0.3) is 0 Å². The van der Waals surface area contributed by atoms with Crippen LogP contribution in [0.5, 0.6) is 5.75 Å². The molecule has 1 aromatic rings. The molecule has 26 heavy (non-hydrogen) atoms. The molecule has 6 atom stereocenters. The van der Waals surface area contributed by atoms with Gasteiger partial charge in [-0.15, -0.1) is 0 Å². The van der Waals surface area contributed by atoms with Crippen LogP contribution in [0.1, 0.15) is 16.8 Å². The molecule has 0 aromatic heterocycles. The number of imide groups is 1. The monoisotopic (exact) mass is 351 g/mol. The summed E-state index contributed by atoms with van der Waals surface area (Å²) in [6, 6.07) is 6.08. The highest BCUT2D eigenvalue weighted by molar-refractivity contribution is 6.08. The Kier molecular flexibility index (Phi) is 3.20. The van der Waals surface area contributed by atoms with Crippen molar-refractivity contribution in [1.29, 1.82) is 0 Å². The Bertz CT molecular complexity index is 821. The van der Waals surface area contributed by atoms with Crippen molar-refractivity contribution in [3.8, 4) is 5.75 Å². The summed E-state index contributed by atoms with van der Waals surface area (Å²) >= 11 is 0. The fourth-order valence-electron chi connectivity index (χ4n) is 5.08. The van der Waals surface area contributed by atoms with Crippen LogP contribution in [0, 0.1) is 35.5 Å². The van der Waals surface area contributed by atoms with Gasteiger partial charge >= 0.3 is 5.97 Å². The molecule has 2 bridgehead atoms. The number of benzene rings is 1. The van der Waals surface area contributed by atoms with Gasteiger partial charge in [0, 0.05) is 5.56 Å². The van der Waals surface area contributed by atoms with E-state index in [-0.39, 0.29) is 47.8 Å². The van der Waals surface area contributed by atoms with Gasteiger partial charge < -0.3 is 4.74 Å². The Hall–Kier alpha value is -2.76. The molecule has 2 amide bonds. The number of nitrogens with zero attached hydrogens (tertiary/aromatic N) is 1. The van der Waals surface area contributed by atoms with Crippen molar-refractivity contribution >= 4 is 24.1 Å². The first-order chi connectivity index (χ1) is 12.6. The van der Waals surface area contributed by atoms with Gasteiger partial charge in [0.05, 0.1) is 11.8 Å². The lowest BCUT2D eigenvalue weighted by Gasteiger charge is -2.37. The maximum absolute atomic E-state index is 12.8. The van der Waals surface area contributed by atoms with Gasteiger partial charge in [0.1, 0.15) is 18.6 Å². The van der Waals surface area contributed by atoms with Crippen LogP contribution in [0.25, 0.3) is 0 Å². The molecule has 6 heteroatoms. The molecule has 132 valence electrons. The van der Waals surface area contributed by atoms with E-state index in [1.165, 1.54) is 24.3 Å². The minimum absolute atomic E-state index is 0.142.